The van der Waals surface area contributed by atoms with Gasteiger partial charge in [0.05, 0.1) is 12.0 Å². The molecule has 0 amide bonds. The number of aromatic nitrogens is 2. The van der Waals surface area contributed by atoms with Crippen molar-refractivity contribution in [1.82, 2.24) is 14.9 Å². The number of rotatable bonds is 1. The number of nitrogens with zero attached hydrogens (tertiary/aromatic N) is 4. The van der Waals surface area contributed by atoms with Crippen molar-refractivity contribution in [2.45, 2.75) is 12.8 Å². The number of hydrogen-bond acceptors (Lipinski definition) is 6. The quantitative estimate of drug-likeness (QED) is 0.848. The van der Waals surface area contributed by atoms with E-state index >= 15 is 0 Å². The molecule has 1 aliphatic heterocycles. The van der Waals surface area contributed by atoms with Gasteiger partial charge in [-0.1, -0.05) is 0 Å². The van der Waals surface area contributed by atoms with E-state index < -0.39 is 0 Å². The normalized spacial score (nSPS) is 18.4. The molecule has 0 saturated carbocycles. The van der Waals surface area contributed by atoms with Crippen LogP contribution in [0.4, 0.5) is 11.8 Å². The number of furan rings is 1. The Morgan fingerprint density at radius 2 is 1.95 bits per heavy atom. The van der Waals surface area contributed by atoms with Crippen molar-refractivity contribution < 1.29 is 4.42 Å². The SMILES string of the molecule is CN1CCN(c2nc(N)nc3c2CCc2occc2-3)CC1. The first-order chi connectivity index (χ1) is 10.2. The number of aryl methyl sites for hydroxylation is 1. The van der Waals surface area contributed by atoms with Crippen molar-refractivity contribution in [2.24, 2.45) is 0 Å². The zero-order valence-electron chi connectivity index (χ0n) is 12.2. The van der Waals surface area contributed by atoms with E-state index in [0.717, 1.165) is 61.9 Å². The Morgan fingerprint density at radius 3 is 2.76 bits per heavy atom. The molecule has 1 saturated heterocycles. The Bertz CT molecular complexity index is 673. The highest BCUT2D eigenvalue weighted by Crippen LogP contribution is 2.37. The summed E-state index contributed by atoms with van der Waals surface area (Å²) in [5, 5.41) is 0. The van der Waals surface area contributed by atoms with Crippen LogP contribution in [0.1, 0.15) is 11.3 Å². The van der Waals surface area contributed by atoms with E-state index in [0.29, 0.717) is 5.95 Å². The van der Waals surface area contributed by atoms with Gasteiger partial charge in [-0.15, -0.1) is 0 Å². The van der Waals surface area contributed by atoms with Crippen molar-refractivity contribution in [3.8, 4) is 11.3 Å². The number of piperazine rings is 1. The Labute approximate surface area is 123 Å². The molecule has 4 rings (SSSR count). The Morgan fingerprint density at radius 1 is 1.14 bits per heavy atom. The Hall–Kier alpha value is -2.08. The number of anilines is 2. The maximum Gasteiger partial charge on any atom is 0.222 e. The molecule has 1 aliphatic carbocycles. The molecule has 0 atom stereocenters. The van der Waals surface area contributed by atoms with Gasteiger partial charge in [0.15, 0.2) is 0 Å². The molecule has 2 N–H and O–H groups in total. The third-order valence-electron chi connectivity index (χ3n) is 4.41. The largest absolute Gasteiger partial charge is 0.469 e. The lowest BCUT2D eigenvalue weighted by molar-refractivity contribution is 0.311. The van der Waals surface area contributed by atoms with Crippen LogP contribution >= 0.6 is 0 Å². The summed E-state index contributed by atoms with van der Waals surface area (Å²) in [4.78, 5) is 13.7. The molecule has 0 bridgehead atoms. The number of hydrogen-bond donors (Lipinski definition) is 1. The van der Waals surface area contributed by atoms with Gasteiger partial charge in [-0.05, 0) is 19.5 Å². The lowest BCUT2D eigenvalue weighted by atomic mass is 9.94. The lowest BCUT2D eigenvalue weighted by Gasteiger charge is -2.35. The van der Waals surface area contributed by atoms with Crippen LogP contribution in [-0.4, -0.2) is 48.1 Å². The molecule has 0 spiro atoms. The van der Waals surface area contributed by atoms with E-state index in [4.69, 9.17) is 10.2 Å². The highest BCUT2D eigenvalue weighted by atomic mass is 16.3. The standard InChI is InChI=1S/C15H19N5O/c1-19-5-7-20(8-6-19)14-11-2-3-12-10(4-9-21-12)13(11)17-15(16)18-14/h4,9H,2-3,5-8H2,1H3,(H2,16,17,18). The fourth-order valence-electron chi connectivity index (χ4n) is 3.21. The number of likely N-dealkylation sites (N-methyl/N-ethyl adjacent to an activating group) is 1. The summed E-state index contributed by atoms with van der Waals surface area (Å²) in [6.45, 7) is 4.07. The molecule has 2 aliphatic rings. The first kappa shape index (κ1) is 12.6. The maximum absolute atomic E-state index is 5.95. The minimum Gasteiger partial charge on any atom is -0.469 e. The summed E-state index contributed by atoms with van der Waals surface area (Å²) in [5.74, 6) is 2.36. The van der Waals surface area contributed by atoms with E-state index in [1.807, 2.05) is 6.07 Å². The molecule has 2 aromatic heterocycles. The van der Waals surface area contributed by atoms with Gasteiger partial charge < -0.3 is 20.0 Å². The number of fused-ring (bicyclic) bond motifs is 3. The first-order valence-corrected chi connectivity index (χ1v) is 7.39. The molecule has 0 unspecified atom stereocenters. The molecule has 0 radical (unpaired) electrons. The summed E-state index contributed by atoms with van der Waals surface area (Å²) in [5.41, 5.74) is 9.18. The van der Waals surface area contributed by atoms with Crippen molar-refractivity contribution >= 4 is 11.8 Å². The summed E-state index contributed by atoms with van der Waals surface area (Å²) in [7, 11) is 2.15. The molecule has 6 nitrogen and oxygen atoms in total. The Kier molecular flexibility index (Phi) is 2.85. The second-order valence-electron chi connectivity index (χ2n) is 5.78. The molecular formula is C15H19N5O. The molecule has 110 valence electrons. The van der Waals surface area contributed by atoms with E-state index in [2.05, 4.69) is 26.8 Å². The minimum atomic E-state index is 0.344. The first-order valence-electron chi connectivity index (χ1n) is 7.39. The lowest BCUT2D eigenvalue weighted by Crippen LogP contribution is -2.45. The van der Waals surface area contributed by atoms with Gasteiger partial charge in [-0.25, -0.2) is 4.98 Å². The predicted molar refractivity (Wildman–Crippen MR) is 81.3 cm³/mol. The fourth-order valence-corrected chi connectivity index (χ4v) is 3.21. The van der Waals surface area contributed by atoms with Crippen LogP contribution in [0.15, 0.2) is 16.7 Å². The zero-order valence-corrected chi connectivity index (χ0v) is 12.2. The van der Waals surface area contributed by atoms with Crippen LogP contribution in [0.2, 0.25) is 0 Å². The van der Waals surface area contributed by atoms with Crippen molar-refractivity contribution in [3.63, 3.8) is 0 Å². The number of nitrogens with two attached hydrogens (primary N) is 1. The molecule has 21 heavy (non-hydrogen) atoms. The number of nitrogen functional groups attached to an aromatic ring is 1. The smallest absolute Gasteiger partial charge is 0.222 e. The summed E-state index contributed by atoms with van der Waals surface area (Å²) >= 11 is 0. The van der Waals surface area contributed by atoms with Crippen LogP contribution in [0.25, 0.3) is 11.3 Å². The second-order valence-corrected chi connectivity index (χ2v) is 5.78. The van der Waals surface area contributed by atoms with E-state index in [1.54, 1.807) is 6.26 Å². The van der Waals surface area contributed by atoms with Gasteiger partial charge in [-0.3, -0.25) is 0 Å². The average Bonchev–Trinajstić information content (AvgIpc) is 2.96. The molecular weight excluding hydrogens is 266 g/mol. The van der Waals surface area contributed by atoms with E-state index in [9.17, 15) is 0 Å². The van der Waals surface area contributed by atoms with Crippen LogP contribution in [0.3, 0.4) is 0 Å². The highest BCUT2D eigenvalue weighted by Gasteiger charge is 2.27. The fraction of sp³-hybridized carbons (Fsp3) is 0.467. The van der Waals surface area contributed by atoms with Crippen molar-refractivity contribution in [3.05, 3.63) is 23.7 Å². The van der Waals surface area contributed by atoms with Crippen LogP contribution in [-0.2, 0) is 12.8 Å². The van der Waals surface area contributed by atoms with Gasteiger partial charge in [0.1, 0.15) is 11.6 Å². The van der Waals surface area contributed by atoms with Crippen molar-refractivity contribution in [1.29, 1.82) is 0 Å². The third-order valence-corrected chi connectivity index (χ3v) is 4.41. The molecule has 0 aromatic carbocycles. The van der Waals surface area contributed by atoms with Crippen molar-refractivity contribution in [2.75, 3.05) is 43.9 Å². The minimum absolute atomic E-state index is 0.344. The second kappa shape index (κ2) is 4.73. The van der Waals surface area contributed by atoms with Crippen LogP contribution in [0, 0.1) is 0 Å². The highest BCUT2D eigenvalue weighted by molar-refractivity contribution is 5.74. The summed E-state index contributed by atoms with van der Waals surface area (Å²) < 4.78 is 5.53. The Balaban J connectivity index is 1.79. The maximum atomic E-state index is 5.95. The summed E-state index contributed by atoms with van der Waals surface area (Å²) in [6.07, 6.45) is 3.55. The summed E-state index contributed by atoms with van der Waals surface area (Å²) in [6, 6.07) is 1.98. The van der Waals surface area contributed by atoms with E-state index in [1.165, 1.54) is 5.56 Å². The molecule has 6 heteroatoms. The monoisotopic (exact) mass is 285 g/mol. The van der Waals surface area contributed by atoms with Gasteiger partial charge in [0, 0.05) is 43.7 Å². The van der Waals surface area contributed by atoms with Gasteiger partial charge in [-0.2, -0.15) is 4.98 Å². The predicted octanol–water partition coefficient (Wildman–Crippen LogP) is 1.17. The van der Waals surface area contributed by atoms with Gasteiger partial charge >= 0.3 is 0 Å². The average molecular weight is 285 g/mol. The van der Waals surface area contributed by atoms with Crippen LogP contribution < -0.4 is 10.6 Å². The van der Waals surface area contributed by atoms with Gasteiger partial charge in [0.25, 0.3) is 0 Å². The van der Waals surface area contributed by atoms with Gasteiger partial charge in [0.2, 0.25) is 5.95 Å². The molecule has 3 heterocycles. The molecule has 2 aromatic rings. The zero-order chi connectivity index (χ0) is 14.4. The van der Waals surface area contributed by atoms with Crippen LogP contribution in [0.5, 0.6) is 0 Å². The molecule has 1 fully saturated rings. The topological polar surface area (TPSA) is 71.4 Å². The third kappa shape index (κ3) is 2.06. The van der Waals surface area contributed by atoms with E-state index in [-0.39, 0.29) is 0 Å².